The Balaban J connectivity index is 3.18. The summed E-state index contributed by atoms with van der Waals surface area (Å²) in [5, 5.41) is 3.21. The van der Waals surface area contributed by atoms with E-state index in [2.05, 4.69) is 10.0 Å². The molecule has 1 atom stereocenters. The number of hydrogen-bond donors (Lipinski definition) is 3. The van der Waals surface area contributed by atoms with Gasteiger partial charge in [-0.1, -0.05) is 19.1 Å². The van der Waals surface area contributed by atoms with Gasteiger partial charge in [0.2, 0.25) is 10.0 Å². The average Bonchev–Trinajstić information content (AvgIpc) is 2.28. The zero-order chi connectivity index (χ0) is 14.7. The molecule has 0 saturated heterocycles. The lowest BCUT2D eigenvalue weighted by Gasteiger charge is -2.32. The van der Waals surface area contributed by atoms with Gasteiger partial charge in [0.05, 0.1) is 5.69 Å². The Labute approximate surface area is 115 Å². The minimum Gasteiger partial charge on any atom is -0.378 e. The second-order valence-electron chi connectivity index (χ2n) is 5.13. The molecular formula is C13H23N3O2S. The molecule has 0 radical (unpaired) electrons. The highest BCUT2D eigenvalue weighted by molar-refractivity contribution is 7.89. The molecule has 0 aliphatic heterocycles. The van der Waals surface area contributed by atoms with Gasteiger partial charge in [0.1, 0.15) is 4.90 Å². The first kappa shape index (κ1) is 15.9. The molecule has 5 nitrogen and oxygen atoms in total. The number of nitrogens with two attached hydrogens (primary N) is 1. The van der Waals surface area contributed by atoms with Crippen LogP contribution in [0.3, 0.4) is 0 Å². The van der Waals surface area contributed by atoms with Gasteiger partial charge in [0.25, 0.3) is 0 Å². The maximum absolute atomic E-state index is 12.1. The molecule has 0 saturated carbocycles. The van der Waals surface area contributed by atoms with Crippen molar-refractivity contribution in [3.05, 3.63) is 24.3 Å². The second-order valence-corrected chi connectivity index (χ2v) is 6.87. The van der Waals surface area contributed by atoms with Gasteiger partial charge >= 0.3 is 0 Å². The number of sulfonamides is 1. The molecule has 6 heteroatoms. The predicted molar refractivity (Wildman–Crippen MR) is 78.7 cm³/mol. The van der Waals surface area contributed by atoms with Crippen LogP contribution in [0.4, 0.5) is 5.69 Å². The van der Waals surface area contributed by atoms with Crippen LogP contribution in [0, 0.1) is 0 Å². The molecule has 0 aliphatic carbocycles. The summed E-state index contributed by atoms with van der Waals surface area (Å²) in [7, 11) is -3.49. The van der Waals surface area contributed by atoms with Crippen LogP contribution >= 0.6 is 0 Å². The highest BCUT2D eigenvalue weighted by atomic mass is 32.2. The molecule has 0 heterocycles. The summed E-state index contributed by atoms with van der Waals surface area (Å²) in [6.07, 6.45) is 0. The van der Waals surface area contributed by atoms with Gasteiger partial charge in [0, 0.05) is 18.1 Å². The summed E-state index contributed by atoms with van der Waals surface area (Å²) >= 11 is 0. The molecule has 4 N–H and O–H groups in total. The summed E-state index contributed by atoms with van der Waals surface area (Å²) < 4.78 is 26.7. The molecule has 0 spiro atoms. The fourth-order valence-electron chi connectivity index (χ4n) is 1.53. The van der Waals surface area contributed by atoms with Gasteiger partial charge in [0.15, 0.2) is 0 Å². The molecule has 1 aromatic carbocycles. The summed E-state index contributed by atoms with van der Waals surface area (Å²) in [5.41, 5.74) is 6.06. The minimum atomic E-state index is -3.49. The van der Waals surface area contributed by atoms with Gasteiger partial charge < -0.3 is 11.1 Å². The van der Waals surface area contributed by atoms with Crippen LogP contribution in [-0.4, -0.2) is 26.5 Å². The van der Waals surface area contributed by atoms with Gasteiger partial charge in [-0.2, -0.15) is 0 Å². The van der Waals surface area contributed by atoms with Crippen LogP contribution in [0.2, 0.25) is 0 Å². The lowest BCUT2D eigenvalue weighted by Crippen LogP contribution is -2.47. The van der Waals surface area contributed by atoms with E-state index in [1.807, 2.05) is 20.8 Å². The number of para-hydroxylation sites is 1. The van der Waals surface area contributed by atoms with E-state index in [0.717, 1.165) is 0 Å². The lowest BCUT2D eigenvalue weighted by molar-refractivity contribution is 0.469. The molecule has 108 valence electrons. The Kier molecular flexibility index (Phi) is 4.95. The first-order valence-corrected chi connectivity index (χ1v) is 7.81. The minimum absolute atomic E-state index is 0.123. The number of nitrogens with one attached hydrogen (secondary N) is 2. The van der Waals surface area contributed by atoms with Gasteiger partial charge in [-0.05, 0) is 32.9 Å². The fourth-order valence-corrected chi connectivity index (χ4v) is 2.73. The van der Waals surface area contributed by atoms with E-state index < -0.39 is 15.6 Å². The highest BCUT2D eigenvalue weighted by Crippen LogP contribution is 2.25. The predicted octanol–water partition coefficient (Wildman–Crippen LogP) is 1.52. The molecule has 0 bridgehead atoms. The molecule has 0 aromatic heterocycles. The third-order valence-electron chi connectivity index (χ3n) is 3.11. The van der Waals surface area contributed by atoms with Gasteiger partial charge in [-0.15, -0.1) is 0 Å². The summed E-state index contributed by atoms with van der Waals surface area (Å²) in [6.45, 7) is 7.86. The van der Waals surface area contributed by atoms with Crippen LogP contribution in [0.5, 0.6) is 0 Å². The van der Waals surface area contributed by atoms with Crippen molar-refractivity contribution in [2.24, 2.45) is 5.73 Å². The lowest BCUT2D eigenvalue weighted by atomic mass is 9.96. The zero-order valence-corrected chi connectivity index (χ0v) is 12.7. The van der Waals surface area contributed by atoms with Crippen LogP contribution < -0.4 is 15.8 Å². The quantitative estimate of drug-likeness (QED) is 0.740. The molecule has 1 rings (SSSR count). The van der Waals surface area contributed by atoms with E-state index in [4.69, 9.17) is 5.73 Å². The van der Waals surface area contributed by atoms with E-state index in [1.54, 1.807) is 31.2 Å². The summed E-state index contributed by atoms with van der Waals surface area (Å²) in [4.78, 5) is 0.241. The van der Waals surface area contributed by atoms with Gasteiger partial charge in [-0.3, -0.25) is 0 Å². The second kappa shape index (κ2) is 5.90. The van der Waals surface area contributed by atoms with Gasteiger partial charge in [-0.25, -0.2) is 13.1 Å². The standard InChI is InChI=1S/C13H23N3O2S/c1-5-15-19(17,18)12-9-7-6-8-11(12)16-13(3,4)10(2)14/h6-10,15-16H,5,14H2,1-4H3. The molecule has 0 aliphatic rings. The van der Waals surface area contributed by atoms with Crippen LogP contribution in [0.25, 0.3) is 0 Å². The van der Waals surface area contributed by atoms with Crippen LogP contribution in [0.1, 0.15) is 27.7 Å². The van der Waals surface area contributed by atoms with Crippen molar-refractivity contribution in [3.63, 3.8) is 0 Å². The Morgan fingerprint density at radius 1 is 1.32 bits per heavy atom. The molecule has 0 fully saturated rings. The first-order valence-electron chi connectivity index (χ1n) is 6.33. The van der Waals surface area contributed by atoms with Crippen LogP contribution in [-0.2, 0) is 10.0 Å². The Bertz CT molecular complexity index is 524. The van der Waals surface area contributed by atoms with Crippen molar-refractivity contribution < 1.29 is 8.42 Å². The van der Waals surface area contributed by atoms with E-state index in [9.17, 15) is 8.42 Å². The third-order valence-corrected chi connectivity index (χ3v) is 4.71. The SMILES string of the molecule is CCNS(=O)(=O)c1ccccc1NC(C)(C)C(C)N. The van der Waals surface area contributed by atoms with Crippen molar-refractivity contribution in [2.75, 3.05) is 11.9 Å². The molecule has 0 amide bonds. The number of benzene rings is 1. The largest absolute Gasteiger partial charge is 0.378 e. The smallest absolute Gasteiger partial charge is 0.242 e. The average molecular weight is 285 g/mol. The molecule has 19 heavy (non-hydrogen) atoms. The van der Waals surface area contributed by atoms with Crippen molar-refractivity contribution in [3.8, 4) is 0 Å². The normalized spacial score (nSPS) is 14.2. The maximum atomic E-state index is 12.1. The van der Waals surface area contributed by atoms with Crippen LogP contribution in [0.15, 0.2) is 29.2 Å². The van der Waals surface area contributed by atoms with E-state index in [1.165, 1.54) is 0 Å². The van der Waals surface area contributed by atoms with E-state index >= 15 is 0 Å². The number of rotatable bonds is 6. The van der Waals surface area contributed by atoms with Crippen molar-refractivity contribution in [1.82, 2.24) is 4.72 Å². The Morgan fingerprint density at radius 3 is 2.42 bits per heavy atom. The third kappa shape index (κ3) is 3.92. The Hall–Kier alpha value is -1.11. The monoisotopic (exact) mass is 285 g/mol. The molecule has 1 aromatic rings. The summed E-state index contributed by atoms with van der Waals surface area (Å²) in [6, 6.07) is 6.70. The van der Waals surface area contributed by atoms with Crippen molar-refractivity contribution >= 4 is 15.7 Å². The zero-order valence-electron chi connectivity index (χ0n) is 11.9. The van der Waals surface area contributed by atoms with Crippen molar-refractivity contribution in [2.45, 2.75) is 44.2 Å². The fraction of sp³-hybridized carbons (Fsp3) is 0.538. The first-order chi connectivity index (χ1) is 8.70. The Morgan fingerprint density at radius 2 is 1.89 bits per heavy atom. The highest BCUT2D eigenvalue weighted by Gasteiger charge is 2.25. The number of hydrogen-bond acceptors (Lipinski definition) is 4. The molecule has 1 unspecified atom stereocenters. The van der Waals surface area contributed by atoms with E-state index in [-0.39, 0.29) is 10.9 Å². The topological polar surface area (TPSA) is 84.2 Å². The maximum Gasteiger partial charge on any atom is 0.242 e. The molecular weight excluding hydrogens is 262 g/mol. The number of anilines is 1. The van der Waals surface area contributed by atoms with E-state index in [0.29, 0.717) is 12.2 Å². The van der Waals surface area contributed by atoms with Crippen molar-refractivity contribution in [1.29, 1.82) is 0 Å². The summed E-state index contributed by atoms with van der Waals surface area (Å²) in [5.74, 6) is 0.